The van der Waals surface area contributed by atoms with E-state index >= 15 is 0 Å². The molecule has 0 amide bonds. The molecule has 1 aromatic carbocycles. The average Bonchev–Trinajstić information content (AvgIpc) is 2.98. The van der Waals surface area contributed by atoms with Gasteiger partial charge in [0, 0.05) is 16.6 Å². The third kappa shape index (κ3) is 2.73. The molecule has 2 aliphatic rings. The Labute approximate surface area is 132 Å². The number of hydrogen-bond donors (Lipinski definition) is 2. The van der Waals surface area contributed by atoms with E-state index in [1.54, 1.807) is 6.07 Å². The molecule has 21 heavy (non-hydrogen) atoms. The Morgan fingerprint density at radius 2 is 2.14 bits per heavy atom. The van der Waals surface area contributed by atoms with Crippen LogP contribution in [0, 0.1) is 23.6 Å². The van der Waals surface area contributed by atoms with E-state index in [1.165, 1.54) is 12.1 Å². The fourth-order valence-electron chi connectivity index (χ4n) is 4.12. The number of aliphatic carboxylic acids is 1. The van der Waals surface area contributed by atoms with E-state index in [2.05, 4.69) is 21.2 Å². The van der Waals surface area contributed by atoms with Crippen molar-refractivity contribution in [2.24, 2.45) is 17.8 Å². The normalized spacial score (nSPS) is 32.3. The average molecular weight is 356 g/mol. The molecule has 2 fully saturated rings. The minimum atomic E-state index is -0.690. The summed E-state index contributed by atoms with van der Waals surface area (Å²) < 4.78 is 13.9. The van der Waals surface area contributed by atoms with Crippen LogP contribution in [0.15, 0.2) is 22.7 Å². The van der Waals surface area contributed by atoms with Gasteiger partial charge in [-0.25, -0.2) is 4.39 Å². The van der Waals surface area contributed by atoms with Gasteiger partial charge in [0.2, 0.25) is 0 Å². The molecule has 2 bridgehead atoms. The zero-order valence-electron chi connectivity index (χ0n) is 11.9. The molecule has 0 spiro atoms. The molecule has 5 heteroatoms. The number of benzene rings is 1. The second-order valence-electron chi connectivity index (χ2n) is 6.28. The Morgan fingerprint density at radius 1 is 1.43 bits per heavy atom. The molecule has 0 aliphatic heterocycles. The topological polar surface area (TPSA) is 49.3 Å². The van der Waals surface area contributed by atoms with Crippen molar-refractivity contribution in [3.05, 3.63) is 34.1 Å². The largest absolute Gasteiger partial charge is 0.481 e. The van der Waals surface area contributed by atoms with Gasteiger partial charge in [0.05, 0.1) is 5.92 Å². The Balaban J connectivity index is 1.77. The Hall–Kier alpha value is -0.940. The molecule has 3 rings (SSSR count). The van der Waals surface area contributed by atoms with Crippen LogP contribution < -0.4 is 5.32 Å². The van der Waals surface area contributed by atoms with Gasteiger partial charge in [0.1, 0.15) is 5.82 Å². The predicted octanol–water partition coefficient (Wildman–Crippen LogP) is 3.74. The summed E-state index contributed by atoms with van der Waals surface area (Å²) in [5.41, 5.74) is 0.961. The van der Waals surface area contributed by atoms with E-state index in [0.717, 1.165) is 29.3 Å². The molecule has 2 aliphatic carbocycles. The molecule has 3 nitrogen and oxygen atoms in total. The minimum Gasteiger partial charge on any atom is -0.481 e. The molecule has 5 unspecified atom stereocenters. The third-order valence-corrected chi connectivity index (χ3v) is 5.76. The number of halogens is 2. The van der Waals surface area contributed by atoms with Gasteiger partial charge in [-0.15, -0.1) is 0 Å². The smallest absolute Gasteiger partial charge is 0.308 e. The molecule has 0 radical (unpaired) electrons. The van der Waals surface area contributed by atoms with Crippen molar-refractivity contribution in [3.8, 4) is 0 Å². The highest BCUT2D eigenvalue weighted by Crippen LogP contribution is 2.49. The fourth-order valence-corrected chi connectivity index (χ4v) is 4.81. The zero-order valence-corrected chi connectivity index (χ0v) is 13.4. The van der Waals surface area contributed by atoms with Crippen molar-refractivity contribution in [2.75, 3.05) is 0 Å². The van der Waals surface area contributed by atoms with Crippen LogP contribution in [-0.4, -0.2) is 17.1 Å². The third-order valence-electron chi connectivity index (χ3n) is 5.07. The highest BCUT2D eigenvalue weighted by atomic mass is 79.9. The highest BCUT2D eigenvalue weighted by molar-refractivity contribution is 9.10. The maximum atomic E-state index is 13.2. The van der Waals surface area contributed by atoms with Crippen molar-refractivity contribution >= 4 is 21.9 Å². The fraction of sp³-hybridized carbons (Fsp3) is 0.562. The van der Waals surface area contributed by atoms with Crippen LogP contribution in [0.3, 0.4) is 0 Å². The van der Waals surface area contributed by atoms with Crippen molar-refractivity contribution in [3.63, 3.8) is 0 Å². The van der Waals surface area contributed by atoms with E-state index in [9.17, 15) is 14.3 Å². The van der Waals surface area contributed by atoms with Gasteiger partial charge < -0.3 is 10.4 Å². The quantitative estimate of drug-likeness (QED) is 0.864. The Bertz CT molecular complexity index is 565. The molecule has 2 N–H and O–H groups in total. The first-order valence-corrected chi connectivity index (χ1v) is 8.20. The number of carbonyl (C=O) groups is 1. The second-order valence-corrected chi connectivity index (χ2v) is 7.13. The number of fused-ring (bicyclic) bond motifs is 2. The molecular formula is C16H19BrFNO2. The summed E-state index contributed by atoms with van der Waals surface area (Å²) in [7, 11) is 0. The molecule has 114 valence electrons. The van der Waals surface area contributed by atoms with Gasteiger partial charge in [-0.3, -0.25) is 4.79 Å². The molecule has 0 saturated heterocycles. The lowest BCUT2D eigenvalue weighted by Crippen LogP contribution is -2.45. The van der Waals surface area contributed by atoms with Crippen LogP contribution in [0.2, 0.25) is 0 Å². The van der Waals surface area contributed by atoms with Crippen LogP contribution in [-0.2, 0) is 4.79 Å². The molecule has 0 heterocycles. The summed E-state index contributed by atoms with van der Waals surface area (Å²) in [6.07, 6.45) is 3.17. The monoisotopic (exact) mass is 355 g/mol. The minimum absolute atomic E-state index is 0.00817. The first kappa shape index (κ1) is 15.0. The molecule has 5 atom stereocenters. The predicted molar refractivity (Wildman–Crippen MR) is 81.4 cm³/mol. The van der Waals surface area contributed by atoms with Crippen LogP contribution in [0.1, 0.15) is 37.8 Å². The Morgan fingerprint density at radius 3 is 2.81 bits per heavy atom. The maximum Gasteiger partial charge on any atom is 0.308 e. The summed E-state index contributed by atoms with van der Waals surface area (Å²) in [5, 5.41) is 13.0. The van der Waals surface area contributed by atoms with Gasteiger partial charge in [-0.1, -0.05) is 22.0 Å². The SMILES string of the molecule is CC(NC1C2CCC(C2)C1C(=O)O)c1ccc(F)cc1Br. The van der Waals surface area contributed by atoms with E-state index in [-0.39, 0.29) is 23.8 Å². The molecule has 0 aromatic heterocycles. The summed E-state index contributed by atoms with van der Waals surface area (Å²) in [6, 6.07) is 4.65. The number of carboxylic acids is 1. The number of rotatable bonds is 4. The molecular weight excluding hydrogens is 337 g/mol. The zero-order chi connectivity index (χ0) is 15.1. The lowest BCUT2D eigenvalue weighted by Gasteiger charge is -2.32. The van der Waals surface area contributed by atoms with Crippen molar-refractivity contribution in [1.29, 1.82) is 0 Å². The van der Waals surface area contributed by atoms with Gasteiger partial charge in [-0.05, 0) is 55.7 Å². The van der Waals surface area contributed by atoms with E-state index in [1.807, 2.05) is 6.92 Å². The van der Waals surface area contributed by atoms with Crippen LogP contribution in [0.25, 0.3) is 0 Å². The lowest BCUT2D eigenvalue weighted by atomic mass is 9.84. The number of carboxylic acid groups (broad SMARTS) is 1. The maximum absolute atomic E-state index is 13.2. The van der Waals surface area contributed by atoms with Gasteiger partial charge >= 0.3 is 5.97 Å². The van der Waals surface area contributed by atoms with Crippen molar-refractivity contribution in [1.82, 2.24) is 5.32 Å². The van der Waals surface area contributed by atoms with Crippen molar-refractivity contribution < 1.29 is 14.3 Å². The van der Waals surface area contributed by atoms with Gasteiger partial charge in [0.25, 0.3) is 0 Å². The lowest BCUT2D eigenvalue weighted by molar-refractivity contribution is -0.144. The molecule has 2 saturated carbocycles. The first-order chi connectivity index (χ1) is 9.97. The first-order valence-electron chi connectivity index (χ1n) is 7.41. The van der Waals surface area contributed by atoms with E-state index in [0.29, 0.717) is 11.8 Å². The highest BCUT2D eigenvalue weighted by Gasteiger charge is 2.51. The van der Waals surface area contributed by atoms with Gasteiger partial charge in [-0.2, -0.15) is 0 Å². The van der Waals surface area contributed by atoms with Gasteiger partial charge in [0.15, 0.2) is 0 Å². The summed E-state index contributed by atoms with van der Waals surface area (Å²) in [4.78, 5) is 11.5. The number of nitrogens with one attached hydrogen (secondary N) is 1. The second kappa shape index (κ2) is 5.69. The summed E-state index contributed by atoms with van der Waals surface area (Å²) in [5.74, 6) is -0.483. The van der Waals surface area contributed by atoms with E-state index in [4.69, 9.17) is 0 Å². The standard InChI is InChI=1S/C16H19BrFNO2/c1-8(12-5-4-11(18)7-13(12)17)19-15-10-3-2-9(6-10)14(15)16(20)21/h4-5,7-10,14-15,19H,2-3,6H2,1H3,(H,20,21). The number of hydrogen-bond acceptors (Lipinski definition) is 2. The Kier molecular flexibility index (Phi) is 4.06. The van der Waals surface area contributed by atoms with E-state index < -0.39 is 5.97 Å². The van der Waals surface area contributed by atoms with Crippen LogP contribution >= 0.6 is 15.9 Å². The summed E-state index contributed by atoms with van der Waals surface area (Å²) >= 11 is 3.39. The molecule has 1 aromatic rings. The van der Waals surface area contributed by atoms with Crippen molar-refractivity contribution in [2.45, 2.75) is 38.3 Å². The van der Waals surface area contributed by atoms with Crippen LogP contribution in [0.5, 0.6) is 0 Å². The van der Waals surface area contributed by atoms with Crippen LogP contribution in [0.4, 0.5) is 4.39 Å². The summed E-state index contributed by atoms with van der Waals surface area (Å²) in [6.45, 7) is 2.00.